The SMILES string of the molecule is Cc1ccc(S(=O)(=O)N2CCCC2c2ccc(N)nc2)cc1. The van der Waals surface area contributed by atoms with Crippen LogP contribution in [0.5, 0.6) is 0 Å². The van der Waals surface area contributed by atoms with Crippen LogP contribution in [0.3, 0.4) is 0 Å². The summed E-state index contributed by atoms with van der Waals surface area (Å²) < 4.78 is 27.3. The van der Waals surface area contributed by atoms with Crippen molar-refractivity contribution in [3.8, 4) is 0 Å². The lowest BCUT2D eigenvalue weighted by Gasteiger charge is -2.24. The summed E-state index contributed by atoms with van der Waals surface area (Å²) in [6.45, 7) is 2.47. The molecule has 0 radical (unpaired) electrons. The van der Waals surface area contributed by atoms with Gasteiger partial charge in [0.25, 0.3) is 0 Å². The third kappa shape index (κ3) is 2.71. The fourth-order valence-electron chi connectivity index (χ4n) is 2.82. The number of nitrogens with two attached hydrogens (primary N) is 1. The van der Waals surface area contributed by atoms with Crippen molar-refractivity contribution >= 4 is 15.8 Å². The molecule has 2 heterocycles. The van der Waals surface area contributed by atoms with Gasteiger partial charge in [0, 0.05) is 12.7 Å². The Hall–Kier alpha value is -1.92. The predicted octanol–water partition coefficient (Wildman–Crippen LogP) is 2.50. The maximum Gasteiger partial charge on any atom is 0.243 e. The molecule has 1 saturated heterocycles. The number of sulfonamides is 1. The van der Waals surface area contributed by atoms with Crippen molar-refractivity contribution in [2.45, 2.75) is 30.7 Å². The van der Waals surface area contributed by atoms with Crippen molar-refractivity contribution in [3.05, 3.63) is 53.7 Å². The largest absolute Gasteiger partial charge is 0.384 e. The van der Waals surface area contributed by atoms with Crippen LogP contribution in [0.15, 0.2) is 47.5 Å². The van der Waals surface area contributed by atoms with Crippen molar-refractivity contribution in [3.63, 3.8) is 0 Å². The van der Waals surface area contributed by atoms with Gasteiger partial charge in [-0.15, -0.1) is 0 Å². The lowest BCUT2D eigenvalue weighted by atomic mass is 10.1. The Morgan fingerprint density at radius 1 is 1.18 bits per heavy atom. The number of nitrogen functional groups attached to an aromatic ring is 1. The Labute approximate surface area is 130 Å². The standard InChI is InChI=1S/C16H19N3O2S/c1-12-4-7-14(8-5-12)22(20,21)19-10-2-3-15(19)13-6-9-16(17)18-11-13/h4-9,11,15H,2-3,10H2,1H3,(H2,17,18). The van der Waals surface area contributed by atoms with Gasteiger partial charge >= 0.3 is 0 Å². The molecule has 5 nitrogen and oxygen atoms in total. The molecule has 0 saturated carbocycles. The van der Waals surface area contributed by atoms with E-state index in [9.17, 15) is 8.42 Å². The number of anilines is 1. The van der Waals surface area contributed by atoms with E-state index in [4.69, 9.17) is 5.73 Å². The highest BCUT2D eigenvalue weighted by atomic mass is 32.2. The van der Waals surface area contributed by atoms with Crippen LogP contribution in [-0.4, -0.2) is 24.3 Å². The fraction of sp³-hybridized carbons (Fsp3) is 0.312. The molecular weight excluding hydrogens is 298 g/mol. The highest BCUT2D eigenvalue weighted by molar-refractivity contribution is 7.89. The van der Waals surface area contributed by atoms with Gasteiger partial charge in [-0.1, -0.05) is 23.8 Å². The molecule has 1 fully saturated rings. The van der Waals surface area contributed by atoms with E-state index in [0.717, 1.165) is 24.0 Å². The lowest BCUT2D eigenvalue weighted by molar-refractivity contribution is 0.396. The second-order valence-corrected chi connectivity index (χ2v) is 7.49. The van der Waals surface area contributed by atoms with Gasteiger partial charge in [-0.05, 0) is 43.5 Å². The number of aryl methyl sites for hydroxylation is 1. The number of rotatable bonds is 3. The number of hydrogen-bond donors (Lipinski definition) is 1. The summed E-state index contributed by atoms with van der Waals surface area (Å²) >= 11 is 0. The molecule has 0 amide bonds. The summed E-state index contributed by atoms with van der Waals surface area (Å²) in [5.41, 5.74) is 7.54. The predicted molar refractivity (Wildman–Crippen MR) is 85.7 cm³/mol. The molecule has 0 bridgehead atoms. The quantitative estimate of drug-likeness (QED) is 0.943. The average molecular weight is 317 g/mol. The summed E-state index contributed by atoms with van der Waals surface area (Å²) in [5.74, 6) is 0.440. The van der Waals surface area contributed by atoms with Crippen molar-refractivity contribution < 1.29 is 8.42 Å². The van der Waals surface area contributed by atoms with Crippen molar-refractivity contribution in [1.82, 2.24) is 9.29 Å². The third-order valence-corrected chi connectivity index (χ3v) is 5.95. The van der Waals surface area contributed by atoms with Gasteiger partial charge in [-0.25, -0.2) is 13.4 Å². The minimum atomic E-state index is -3.49. The number of hydrogen-bond acceptors (Lipinski definition) is 4. The van der Waals surface area contributed by atoms with E-state index in [1.165, 1.54) is 0 Å². The number of benzene rings is 1. The highest BCUT2D eigenvalue weighted by Crippen LogP contribution is 2.36. The Morgan fingerprint density at radius 2 is 1.91 bits per heavy atom. The molecule has 1 aromatic heterocycles. The second kappa shape index (κ2) is 5.70. The maximum absolute atomic E-state index is 12.9. The number of pyridine rings is 1. The van der Waals surface area contributed by atoms with Gasteiger partial charge in [0.05, 0.1) is 10.9 Å². The van der Waals surface area contributed by atoms with Gasteiger partial charge < -0.3 is 5.73 Å². The molecule has 6 heteroatoms. The van der Waals surface area contributed by atoms with E-state index in [1.807, 2.05) is 25.1 Å². The number of aromatic nitrogens is 1. The van der Waals surface area contributed by atoms with Gasteiger partial charge in [0.2, 0.25) is 10.0 Å². The first-order valence-electron chi connectivity index (χ1n) is 7.28. The van der Waals surface area contributed by atoms with Gasteiger partial charge in [-0.3, -0.25) is 0 Å². The van der Waals surface area contributed by atoms with E-state index in [0.29, 0.717) is 17.3 Å². The summed E-state index contributed by atoms with van der Waals surface area (Å²) in [6.07, 6.45) is 3.32. The van der Waals surface area contributed by atoms with Gasteiger partial charge in [-0.2, -0.15) is 4.31 Å². The Balaban J connectivity index is 1.95. The summed E-state index contributed by atoms with van der Waals surface area (Å²) in [4.78, 5) is 4.42. The van der Waals surface area contributed by atoms with Crippen LogP contribution in [0.25, 0.3) is 0 Å². The molecule has 22 heavy (non-hydrogen) atoms. The molecule has 2 aromatic rings. The van der Waals surface area contributed by atoms with E-state index in [1.54, 1.807) is 28.7 Å². The third-order valence-electron chi connectivity index (χ3n) is 4.03. The molecule has 116 valence electrons. The summed E-state index contributed by atoms with van der Waals surface area (Å²) in [5, 5.41) is 0. The minimum absolute atomic E-state index is 0.167. The molecule has 1 unspecified atom stereocenters. The second-order valence-electron chi connectivity index (χ2n) is 5.60. The topological polar surface area (TPSA) is 76.3 Å². The van der Waals surface area contributed by atoms with Gasteiger partial charge in [0.1, 0.15) is 5.82 Å². The Kier molecular flexibility index (Phi) is 3.88. The van der Waals surface area contributed by atoms with Crippen LogP contribution in [0.4, 0.5) is 5.82 Å². The first-order chi connectivity index (χ1) is 10.5. The van der Waals surface area contributed by atoms with Crippen LogP contribution >= 0.6 is 0 Å². The fourth-order valence-corrected chi connectivity index (χ4v) is 4.50. The molecule has 0 aliphatic carbocycles. The van der Waals surface area contributed by atoms with E-state index in [2.05, 4.69) is 4.98 Å². The zero-order valence-electron chi connectivity index (χ0n) is 12.4. The van der Waals surface area contributed by atoms with Crippen LogP contribution in [0, 0.1) is 6.92 Å². The van der Waals surface area contributed by atoms with Crippen LogP contribution in [-0.2, 0) is 10.0 Å². The normalized spacial score (nSPS) is 19.4. The molecule has 1 aliphatic heterocycles. The summed E-state index contributed by atoms with van der Waals surface area (Å²) in [7, 11) is -3.49. The van der Waals surface area contributed by atoms with Crippen LogP contribution < -0.4 is 5.73 Å². The lowest BCUT2D eigenvalue weighted by Crippen LogP contribution is -2.30. The van der Waals surface area contributed by atoms with E-state index in [-0.39, 0.29) is 6.04 Å². The minimum Gasteiger partial charge on any atom is -0.384 e. The molecular formula is C16H19N3O2S. The molecule has 1 aromatic carbocycles. The first-order valence-corrected chi connectivity index (χ1v) is 8.72. The van der Waals surface area contributed by atoms with Crippen LogP contribution in [0.2, 0.25) is 0 Å². The number of nitrogens with zero attached hydrogens (tertiary/aromatic N) is 2. The van der Waals surface area contributed by atoms with Crippen molar-refractivity contribution in [1.29, 1.82) is 0 Å². The zero-order valence-corrected chi connectivity index (χ0v) is 13.3. The summed E-state index contributed by atoms with van der Waals surface area (Å²) in [6, 6.07) is 10.4. The first kappa shape index (κ1) is 15.0. The maximum atomic E-state index is 12.9. The molecule has 1 aliphatic rings. The molecule has 0 spiro atoms. The van der Waals surface area contributed by atoms with E-state index >= 15 is 0 Å². The van der Waals surface area contributed by atoms with Gasteiger partial charge in [0.15, 0.2) is 0 Å². The van der Waals surface area contributed by atoms with Crippen molar-refractivity contribution in [2.24, 2.45) is 0 Å². The molecule has 1 atom stereocenters. The highest BCUT2D eigenvalue weighted by Gasteiger charge is 2.36. The smallest absolute Gasteiger partial charge is 0.243 e. The van der Waals surface area contributed by atoms with Crippen LogP contribution in [0.1, 0.15) is 30.0 Å². The van der Waals surface area contributed by atoms with Crippen molar-refractivity contribution in [2.75, 3.05) is 12.3 Å². The van der Waals surface area contributed by atoms with E-state index < -0.39 is 10.0 Å². The zero-order chi connectivity index (χ0) is 15.7. The molecule has 3 rings (SSSR count). The monoisotopic (exact) mass is 317 g/mol. The Morgan fingerprint density at radius 3 is 2.55 bits per heavy atom. The Bertz CT molecular complexity index is 755. The average Bonchev–Trinajstić information content (AvgIpc) is 2.99. The molecule has 2 N–H and O–H groups in total.